The molecule has 1 heterocycles. The average molecular weight is 264 g/mol. The molecule has 18 heavy (non-hydrogen) atoms. The van der Waals surface area contributed by atoms with E-state index in [1.54, 1.807) is 0 Å². The van der Waals surface area contributed by atoms with E-state index in [1.165, 1.54) is 0 Å². The first-order valence-electron chi connectivity index (χ1n) is 6.21. The summed E-state index contributed by atoms with van der Waals surface area (Å²) in [4.78, 5) is 16.3. The van der Waals surface area contributed by atoms with Crippen LogP contribution >= 0.6 is 11.8 Å². The Morgan fingerprint density at radius 2 is 2.00 bits per heavy atom. The number of carbonyl (C=O) groups is 1. The summed E-state index contributed by atoms with van der Waals surface area (Å²) < 4.78 is 0. The predicted molar refractivity (Wildman–Crippen MR) is 78.6 cm³/mol. The second kappa shape index (κ2) is 5.65. The van der Waals surface area contributed by atoms with Gasteiger partial charge in [-0.1, -0.05) is 0 Å². The Kier molecular flexibility index (Phi) is 4.17. The van der Waals surface area contributed by atoms with Gasteiger partial charge < -0.3 is 9.80 Å². The fourth-order valence-electron chi connectivity index (χ4n) is 2.19. The van der Waals surface area contributed by atoms with E-state index >= 15 is 0 Å². The molecule has 0 aliphatic carbocycles. The molecule has 1 aliphatic heterocycles. The Morgan fingerprint density at radius 3 is 2.50 bits per heavy atom. The molecule has 1 amide bonds. The quantitative estimate of drug-likeness (QED) is 0.837. The zero-order chi connectivity index (χ0) is 13.1. The van der Waals surface area contributed by atoms with E-state index in [1.807, 2.05) is 59.9 Å². The number of hydrogen-bond donors (Lipinski definition) is 0. The molecule has 1 fully saturated rings. The van der Waals surface area contributed by atoms with Gasteiger partial charge in [0.25, 0.3) is 5.91 Å². The highest BCUT2D eigenvalue weighted by Gasteiger charge is 2.26. The number of nitrogens with zero attached hydrogens (tertiary/aromatic N) is 2. The van der Waals surface area contributed by atoms with Crippen molar-refractivity contribution in [2.45, 2.75) is 11.7 Å². The van der Waals surface area contributed by atoms with Gasteiger partial charge in [-0.25, -0.2) is 0 Å². The number of amides is 1. The number of carbonyl (C=O) groups excluding carboxylic acids is 1. The normalized spacial score (nSPS) is 19.1. The van der Waals surface area contributed by atoms with Gasteiger partial charge in [0.05, 0.1) is 0 Å². The van der Waals surface area contributed by atoms with Gasteiger partial charge in [-0.3, -0.25) is 4.79 Å². The molecule has 2 rings (SSSR count). The third-order valence-corrected chi connectivity index (χ3v) is 4.45. The molecule has 0 radical (unpaired) electrons. The maximum Gasteiger partial charge on any atom is 0.253 e. The summed E-state index contributed by atoms with van der Waals surface area (Å²) in [5.74, 6) is 0.164. The van der Waals surface area contributed by atoms with Crippen molar-refractivity contribution < 1.29 is 4.79 Å². The molecule has 4 heteroatoms. The van der Waals surface area contributed by atoms with Crippen LogP contribution in [0.2, 0.25) is 0 Å². The Labute approximate surface area is 113 Å². The smallest absolute Gasteiger partial charge is 0.253 e. The fraction of sp³-hybridized carbons (Fsp3) is 0.500. The summed E-state index contributed by atoms with van der Waals surface area (Å²) in [5, 5.41) is 0.606. The minimum absolute atomic E-state index is 0.164. The van der Waals surface area contributed by atoms with E-state index < -0.39 is 0 Å². The van der Waals surface area contributed by atoms with Crippen molar-refractivity contribution in [2.75, 3.05) is 38.3 Å². The summed E-state index contributed by atoms with van der Waals surface area (Å²) in [6, 6.07) is 7.83. The summed E-state index contributed by atoms with van der Waals surface area (Å²) in [7, 11) is 4.00. The first kappa shape index (κ1) is 13.3. The van der Waals surface area contributed by atoms with Gasteiger partial charge in [0, 0.05) is 43.7 Å². The van der Waals surface area contributed by atoms with E-state index in [4.69, 9.17) is 0 Å². The van der Waals surface area contributed by atoms with Gasteiger partial charge >= 0.3 is 0 Å². The molecule has 1 aliphatic rings. The Hall–Kier alpha value is -1.16. The van der Waals surface area contributed by atoms with E-state index in [0.29, 0.717) is 5.25 Å². The number of benzene rings is 1. The lowest BCUT2D eigenvalue weighted by molar-refractivity contribution is 0.0793. The third kappa shape index (κ3) is 2.80. The number of hydrogen-bond acceptors (Lipinski definition) is 3. The van der Waals surface area contributed by atoms with E-state index in [2.05, 4.69) is 6.26 Å². The van der Waals surface area contributed by atoms with Crippen molar-refractivity contribution in [3.8, 4) is 0 Å². The first-order chi connectivity index (χ1) is 8.61. The molecule has 0 aromatic heterocycles. The topological polar surface area (TPSA) is 23.6 Å². The zero-order valence-corrected chi connectivity index (χ0v) is 12.0. The maximum absolute atomic E-state index is 12.3. The van der Waals surface area contributed by atoms with E-state index in [-0.39, 0.29) is 5.91 Å². The Bertz CT molecular complexity index is 416. The molecule has 1 aromatic rings. The van der Waals surface area contributed by atoms with Crippen molar-refractivity contribution in [1.82, 2.24) is 4.90 Å². The van der Waals surface area contributed by atoms with Crippen LogP contribution in [0, 0.1) is 0 Å². The highest BCUT2D eigenvalue weighted by Crippen LogP contribution is 2.22. The lowest BCUT2D eigenvalue weighted by atomic mass is 10.2. The van der Waals surface area contributed by atoms with Gasteiger partial charge in [-0.15, -0.1) is 0 Å². The van der Waals surface area contributed by atoms with Crippen LogP contribution in [-0.2, 0) is 0 Å². The minimum Gasteiger partial charge on any atom is -0.378 e. The van der Waals surface area contributed by atoms with Crippen LogP contribution in [0.5, 0.6) is 0 Å². The lowest BCUT2D eigenvalue weighted by Gasteiger charge is -2.17. The molecular formula is C14H20N2OS. The van der Waals surface area contributed by atoms with Gasteiger partial charge in [-0.2, -0.15) is 11.8 Å². The van der Waals surface area contributed by atoms with Crippen LogP contribution < -0.4 is 4.90 Å². The number of rotatable bonds is 3. The van der Waals surface area contributed by atoms with Crippen LogP contribution in [0.15, 0.2) is 24.3 Å². The molecule has 98 valence electrons. The van der Waals surface area contributed by atoms with E-state index in [0.717, 1.165) is 30.8 Å². The molecule has 1 atom stereocenters. The van der Waals surface area contributed by atoms with Crippen molar-refractivity contribution in [3.05, 3.63) is 29.8 Å². The first-order valence-corrected chi connectivity index (χ1v) is 7.50. The van der Waals surface area contributed by atoms with Gasteiger partial charge in [0.15, 0.2) is 0 Å². The van der Waals surface area contributed by atoms with Crippen molar-refractivity contribution in [3.63, 3.8) is 0 Å². The van der Waals surface area contributed by atoms with Gasteiger partial charge in [-0.05, 0) is 36.9 Å². The molecular weight excluding hydrogens is 244 g/mol. The average Bonchev–Trinajstić information content (AvgIpc) is 2.86. The standard InChI is InChI=1S/C14H20N2OS/c1-15(2)12-6-4-11(5-7-12)14(17)16-9-8-13(10-16)18-3/h4-7,13H,8-10H2,1-3H3. The maximum atomic E-state index is 12.3. The van der Waals surface area contributed by atoms with Gasteiger partial charge in [0.2, 0.25) is 0 Å². The summed E-state index contributed by atoms with van der Waals surface area (Å²) >= 11 is 1.85. The number of anilines is 1. The Balaban J connectivity index is 2.05. The summed E-state index contributed by atoms with van der Waals surface area (Å²) in [5.41, 5.74) is 1.91. The molecule has 1 saturated heterocycles. The monoisotopic (exact) mass is 264 g/mol. The highest BCUT2D eigenvalue weighted by molar-refractivity contribution is 7.99. The number of thioether (sulfide) groups is 1. The third-order valence-electron chi connectivity index (χ3n) is 3.40. The van der Waals surface area contributed by atoms with Crippen molar-refractivity contribution in [1.29, 1.82) is 0 Å². The summed E-state index contributed by atoms with van der Waals surface area (Å²) in [6.07, 6.45) is 3.23. The SMILES string of the molecule is CSC1CCN(C(=O)c2ccc(N(C)C)cc2)C1. The predicted octanol–water partition coefficient (Wildman–Crippen LogP) is 2.33. The molecule has 1 unspecified atom stereocenters. The molecule has 1 aromatic carbocycles. The number of likely N-dealkylation sites (tertiary alicyclic amines) is 1. The molecule has 0 saturated carbocycles. The van der Waals surface area contributed by atoms with Crippen LogP contribution in [-0.4, -0.2) is 49.5 Å². The molecule has 3 nitrogen and oxygen atoms in total. The Morgan fingerprint density at radius 1 is 1.33 bits per heavy atom. The van der Waals surface area contributed by atoms with Crippen molar-refractivity contribution >= 4 is 23.4 Å². The zero-order valence-electron chi connectivity index (χ0n) is 11.2. The van der Waals surface area contributed by atoms with Gasteiger partial charge in [0.1, 0.15) is 0 Å². The largest absolute Gasteiger partial charge is 0.378 e. The van der Waals surface area contributed by atoms with Crippen molar-refractivity contribution in [2.24, 2.45) is 0 Å². The minimum atomic E-state index is 0.164. The van der Waals surface area contributed by atoms with E-state index in [9.17, 15) is 4.79 Å². The van der Waals surface area contributed by atoms with Crippen LogP contribution in [0.3, 0.4) is 0 Å². The van der Waals surface area contributed by atoms with Crippen LogP contribution in [0.4, 0.5) is 5.69 Å². The molecule has 0 spiro atoms. The fourth-order valence-corrected chi connectivity index (χ4v) is 2.86. The lowest BCUT2D eigenvalue weighted by Crippen LogP contribution is -2.29. The second-order valence-electron chi connectivity index (χ2n) is 4.84. The molecule has 0 N–H and O–H groups in total. The van der Waals surface area contributed by atoms with Crippen LogP contribution in [0.25, 0.3) is 0 Å². The van der Waals surface area contributed by atoms with Crippen LogP contribution in [0.1, 0.15) is 16.8 Å². The highest BCUT2D eigenvalue weighted by atomic mass is 32.2. The second-order valence-corrected chi connectivity index (χ2v) is 5.98. The molecule has 0 bridgehead atoms. The summed E-state index contributed by atoms with van der Waals surface area (Å²) in [6.45, 7) is 1.77.